The number of oxazole rings is 1. The topological polar surface area (TPSA) is 81.1 Å². The summed E-state index contributed by atoms with van der Waals surface area (Å²) in [5.41, 5.74) is 7.04. The minimum atomic E-state index is -0.0911. The summed E-state index contributed by atoms with van der Waals surface area (Å²) in [6.07, 6.45) is 2.44. The first-order chi connectivity index (χ1) is 10.0. The highest BCUT2D eigenvalue weighted by molar-refractivity contribution is 6.30. The van der Waals surface area contributed by atoms with Gasteiger partial charge in [-0.1, -0.05) is 11.6 Å². The van der Waals surface area contributed by atoms with Gasteiger partial charge in [0.1, 0.15) is 6.26 Å². The molecule has 0 aliphatic heterocycles. The third-order valence-electron chi connectivity index (χ3n) is 2.91. The van der Waals surface area contributed by atoms with Crippen molar-refractivity contribution in [3.05, 3.63) is 41.2 Å². The number of hydrogen-bond acceptors (Lipinski definition) is 4. The highest BCUT2D eigenvalue weighted by Gasteiger charge is 2.10. The summed E-state index contributed by atoms with van der Waals surface area (Å²) in [6.45, 7) is 2.47. The lowest BCUT2D eigenvalue weighted by atomic mass is 10.2. The molecule has 0 aliphatic rings. The van der Waals surface area contributed by atoms with E-state index in [1.165, 1.54) is 6.26 Å². The quantitative estimate of drug-likeness (QED) is 0.844. The van der Waals surface area contributed by atoms with Gasteiger partial charge in [-0.05, 0) is 37.6 Å². The zero-order valence-corrected chi connectivity index (χ0v) is 13.8. The van der Waals surface area contributed by atoms with Crippen molar-refractivity contribution >= 4 is 29.9 Å². The number of carbonyl (C=O) groups is 1. The van der Waals surface area contributed by atoms with Gasteiger partial charge in [-0.15, -0.1) is 12.4 Å². The lowest BCUT2D eigenvalue weighted by molar-refractivity contribution is -0.120. The molecule has 1 heterocycles. The first kappa shape index (κ1) is 18.5. The van der Waals surface area contributed by atoms with Crippen LogP contribution < -0.4 is 11.1 Å². The van der Waals surface area contributed by atoms with Crippen molar-refractivity contribution in [3.8, 4) is 11.5 Å². The Bertz CT molecular complexity index is 597. The molecule has 0 saturated carbocycles. The lowest BCUT2D eigenvalue weighted by Gasteiger charge is -2.05. The molecule has 0 aliphatic carbocycles. The number of aromatic nitrogens is 1. The molecule has 1 unspecified atom stereocenters. The maximum Gasteiger partial charge on any atom is 0.226 e. The van der Waals surface area contributed by atoms with Gasteiger partial charge < -0.3 is 15.5 Å². The van der Waals surface area contributed by atoms with Crippen molar-refractivity contribution < 1.29 is 9.21 Å². The predicted octanol–water partition coefficient (Wildman–Crippen LogP) is 2.81. The van der Waals surface area contributed by atoms with E-state index >= 15 is 0 Å². The van der Waals surface area contributed by atoms with Crippen LogP contribution in [0.5, 0.6) is 0 Å². The maximum absolute atomic E-state index is 11.7. The molecule has 0 radical (unpaired) electrons. The Kier molecular flexibility index (Phi) is 7.38. The van der Waals surface area contributed by atoms with Crippen LogP contribution in [0.15, 0.2) is 34.9 Å². The fourth-order valence-corrected chi connectivity index (χ4v) is 1.91. The van der Waals surface area contributed by atoms with Gasteiger partial charge in [-0.3, -0.25) is 4.79 Å². The molecule has 5 nitrogen and oxygen atoms in total. The third-order valence-corrected chi connectivity index (χ3v) is 3.16. The average Bonchev–Trinajstić information content (AvgIpc) is 2.87. The van der Waals surface area contributed by atoms with Crippen molar-refractivity contribution in [2.45, 2.75) is 25.8 Å². The second-order valence-electron chi connectivity index (χ2n) is 4.94. The molecule has 0 bridgehead atoms. The van der Waals surface area contributed by atoms with E-state index < -0.39 is 0 Å². The minimum Gasteiger partial charge on any atom is -0.444 e. The Balaban J connectivity index is 0.00000242. The molecule has 3 N–H and O–H groups in total. The number of carbonyl (C=O) groups excluding carboxylic acids is 1. The normalized spacial score (nSPS) is 11.6. The smallest absolute Gasteiger partial charge is 0.226 e. The molecular weight excluding hydrogens is 325 g/mol. The zero-order valence-electron chi connectivity index (χ0n) is 12.2. The summed E-state index contributed by atoms with van der Waals surface area (Å²) in [6, 6.07) is 7.25. The van der Waals surface area contributed by atoms with Crippen molar-refractivity contribution in [1.82, 2.24) is 10.3 Å². The van der Waals surface area contributed by atoms with Crippen LogP contribution >= 0.6 is 24.0 Å². The largest absolute Gasteiger partial charge is 0.444 e. The van der Waals surface area contributed by atoms with Crippen LogP contribution in [-0.4, -0.2) is 23.5 Å². The van der Waals surface area contributed by atoms with E-state index in [9.17, 15) is 4.79 Å². The number of nitrogens with two attached hydrogens (primary N) is 1. The van der Waals surface area contributed by atoms with Gasteiger partial charge in [-0.2, -0.15) is 0 Å². The highest BCUT2D eigenvalue weighted by atomic mass is 35.5. The monoisotopic (exact) mass is 343 g/mol. The number of nitrogens with one attached hydrogen (secondary N) is 1. The van der Waals surface area contributed by atoms with Crippen LogP contribution in [0.25, 0.3) is 11.5 Å². The van der Waals surface area contributed by atoms with Crippen molar-refractivity contribution in [2.75, 3.05) is 6.54 Å². The summed E-state index contributed by atoms with van der Waals surface area (Å²) in [5.74, 6) is 0.386. The molecule has 0 fully saturated rings. The molecule has 120 valence electrons. The summed E-state index contributed by atoms with van der Waals surface area (Å²) < 4.78 is 5.38. The van der Waals surface area contributed by atoms with E-state index in [-0.39, 0.29) is 30.8 Å². The zero-order chi connectivity index (χ0) is 15.2. The van der Waals surface area contributed by atoms with Gasteiger partial charge in [0.2, 0.25) is 11.8 Å². The standard InChI is InChI=1S/C15H18ClN3O2.ClH/c1-10(17)6-7-18-14(20)8-13-9-21-15(19-13)11-2-4-12(16)5-3-11;/h2-5,9-10H,6-8,17H2,1H3,(H,18,20);1H. The van der Waals surface area contributed by atoms with E-state index in [4.69, 9.17) is 21.8 Å². The SMILES string of the molecule is CC(N)CCNC(=O)Cc1coc(-c2ccc(Cl)cc2)n1.Cl. The summed E-state index contributed by atoms with van der Waals surface area (Å²) in [4.78, 5) is 16.0. The second-order valence-corrected chi connectivity index (χ2v) is 5.38. The second kappa shape index (κ2) is 8.78. The fourth-order valence-electron chi connectivity index (χ4n) is 1.78. The molecule has 1 atom stereocenters. The van der Waals surface area contributed by atoms with E-state index in [1.54, 1.807) is 12.1 Å². The number of halogens is 2. The maximum atomic E-state index is 11.7. The Morgan fingerprint density at radius 2 is 2.09 bits per heavy atom. The van der Waals surface area contributed by atoms with Crippen LogP contribution in [0, 0.1) is 0 Å². The summed E-state index contributed by atoms with van der Waals surface area (Å²) >= 11 is 5.83. The van der Waals surface area contributed by atoms with Crippen LogP contribution in [-0.2, 0) is 11.2 Å². The molecule has 2 aromatic rings. The van der Waals surface area contributed by atoms with Gasteiger partial charge in [0.05, 0.1) is 12.1 Å². The lowest BCUT2D eigenvalue weighted by Crippen LogP contribution is -2.30. The molecule has 1 aromatic heterocycles. The van der Waals surface area contributed by atoms with E-state index in [2.05, 4.69) is 10.3 Å². The molecule has 2 rings (SSSR count). The molecule has 0 saturated heterocycles. The van der Waals surface area contributed by atoms with Crippen molar-refractivity contribution in [2.24, 2.45) is 5.73 Å². The number of nitrogens with zero attached hydrogens (tertiary/aromatic N) is 1. The molecular formula is C15H19Cl2N3O2. The van der Waals surface area contributed by atoms with Gasteiger partial charge in [0, 0.05) is 23.2 Å². The average molecular weight is 344 g/mol. The van der Waals surface area contributed by atoms with Crippen LogP contribution in [0.1, 0.15) is 19.0 Å². The highest BCUT2D eigenvalue weighted by Crippen LogP contribution is 2.20. The van der Waals surface area contributed by atoms with Crippen LogP contribution in [0.2, 0.25) is 5.02 Å². The molecule has 0 spiro atoms. The Morgan fingerprint density at radius 3 is 2.73 bits per heavy atom. The molecule has 1 aromatic carbocycles. The number of hydrogen-bond donors (Lipinski definition) is 2. The van der Waals surface area contributed by atoms with Gasteiger partial charge in [0.25, 0.3) is 0 Å². The number of amides is 1. The summed E-state index contributed by atoms with van der Waals surface area (Å²) in [5, 5.41) is 3.45. The molecule has 1 amide bonds. The summed E-state index contributed by atoms with van der Waals surface area (Å²) in [7, 11) is 0. The first-order valence-corrected chi connectivity index (χ1v) is 7.15. The molecule has 7 heteroatoms. The third kappa shape index (κ3) is 5.67. The van der Waals surface area contributed by atoms with Crippen molar-refractivity contribution in [3.63, 3.8) is 0 Å². The Hall–Kier alpha value is -1.56. The minimum absolute atomic E-state index is 0. The van der Waals surface area contributed by atoms with E-state index in [0.717, 1.165) is 12.0 Å². The van der Waals surface area contributed by atoms with Crippen LogP contribution in [0.3, 0.4) is 0 Å². The van der Waals surface area contributed by atoms with Crippen molar-refractivity contribution in [1.29, 1.82) is 0 Å². The number of rotatable bonds is 6. The van der Waals surface area contributed by atoms with Gasteiger partial charge in [-0.25, -0.2) is 4.98 Å². The molecule has 22 heavy (non-hydrogen) atoms. The van der Waals surface area contributed by atoms with E-state index in [0.29, 0.717) is 23.2 Å². The Labute approximate surface area is 140 Å². The number of benzene rings is 1. The Morgan fingerprint density at radius 1 is 1.41 bits per heavy atom. The first-order valence-electron chi connectivity index (χ1n) is 6.77. The van der Waals surface area contributed by atoms with E-state index in [1.807, 2.05) is 19.1 Å². The fraction of sp³-hybridized carbons (Fsp3) is 0.333. The predicted molar refractivity (Wildman–Crippen MR) is 89.2 cm³/mol. The van der Waals surface area contributed by atoms with Gasteiger partial charge in [0.15, 0.2) is 0 Å². The van der Waals surface area contributed by atoms with Crippen LogP contribution in [0.4, 0.5) is 0 Å². The van der Waals surface area contributed by atoms with Gasteiger partial charge >= 0.3 is 0 Å².